The molecular weight excluding hydrogens is 296 g/mol. The molecule has 0 saturated carbocycles. The number of hydrogen-bond acceptors (Lipinski definition) is 5. The third kappa shape index (κ3) is 4.21. The summed E-state index contributed by atoms with van der Waals surface area (Å²) in [7, 11) is -1.88. The van der Waals surface area contributed by atoms with Gasteiger partial charge < -0.3 is 5.32 Å². The smallest absolute Gasteiger partial charge is 0.246 e. The van der Waals surface area contributed by atoms with Gasteiger partial charge in [0.1, 0.15) is 4.90 Å². The third-order valence-corrected chi connectivity index (χ3v) is 5.57. The molecule has 0 radical (unpaired) electrons. The highest BCUT2D eigenvalue weighted by atomic mass is 32.2. The minimum absolute atomic E-state index is 0.275. The summed E-state index contributed by atoms with van der Waals surface area (Å²) in [6.45, 7) is 6.69. The summed E-state index contributed by atoms with van der Waals surface area (Å²) in [5.74, 6) is 0.770. The Bertz CT molecular complexity index is 526. The van der Waals surface area contributed by atoms with E-state index < -0.39 is 10.0 Å². The number of aromatic amines is 1. The number of aromatic nitrogens is 2. The Hall–Kier alpha value is -0.570. The first-order valence-electron chi connectivity index (χ1n) is 6.53. The monoisotopic (exact) mass is 320 g/mol. The molecule has 0 unspecified atom stereocenters. The molecule has 1 heterocycles. The summed E-state index contributed by atoms with van der Waals surface area (Å²) >= 11 is 1.62. The van der Waals surface area contributed by atoms with Crippen LogP contribution in [0.3, 0.4) is 0 Å². The van der Waals surface area contributed by atoms with Gasteiger partial charge in [0.05, 0.1) is 11.4 Å². The van der Waals surface area contributed by atoms with Gasteiger partial charge in [-0.3, -0.25) is 5.10 Å². The van der Waals surface area contributed by atoms with Gasteiger partial charge in [0.15, 0.2) is 0 Å². The van der Waals surface area contributed by atoms with Crippen molar-refractivity contribution < 1.29 is 8.42 Å². The van der Waals surface area contributed by atoms with E-state index >= 15 is 0 Å². The second-order valence-corrected chi connectivity index (χ2v) is 7.95. The molecule has 0 aliphatic rings. The molecule has 116 valence electrons. The van der Waals surface area contributed by atoms with E-state index in [1.54, 1.807) is 25.7 Å². The number of sulfonamides is 1. The molecule has 20 heavy (non-hydrogen) atoms. The summed E-state index contributed by atoms with van der Waals surface area (Å²) in [5.41, 5.74) is 1.13. The predicted molar refractivity (Wildman–Crippen MR) is 83.5 cm³/mol. The van der Waals surface area contributed by atoms with Crippen LogP contribution in [-0.4, -0.2) is 54.6 Å². The summed E-state index contributed by atoms with van der Waals surface area (Å²) in [6, 6.07) is 0.275. The Morgan fingerprint density at radius 3 is 2.65 bits per heavy atom. The van der Waals surface area contributed by atoms with Crippen LogP contribution in [0.15, 0.2) is 4.90 Å². The Morgan fingerprint density at radius 2 is 2.10 bits per heavy atom. The van der Waals surface area contributed by atoms with Crippen LogP contribution in [0.25, 0.3) is 0 Å². The summed E-state index contributed by atoms with van der Waals surface area (Å²) in [5, 5.41) is 10.1. The van der Waals surface area contributed by atoms with Gasteiger partial charge in [-0.1, -0.05) is 13.8 Å². The van der Waals surface area contributed by atoms with Gasteiger partial charge in [0, 0.05) is 31.9 Å². The van der Waals surface area contributed by atoms with Gasteiger partial charge in [0.2, 0.25) is 10.0 Å². The number of nitrogens with one attached hydrogen (secondary N) is 2. The standard InChI is InChI=1S/C12H24N4O2S2/c1-9(2)13-8-11-12(10(3)14-15-11)20(17,18)16(4)6-7-19-5/h9,13H,6-8H2,1-5H3,(H,14,15). The Labute approximate surface area is 125 Å². The highest BCUT2D eigenvalue weighted by Crippen LogP contribution is 2.21. The lowest BCUT2D eigenvalue weighted by Crippen LogP contribution is -2.31. The second kappa shape index (κ2) is 7.44. The SMILES string of the molecule is CSCCN(C)S(=O)(=O)c1c(CNC(C)C)n[nH]c1C. The second-order valence-electron chi connectivity index (χ2n) is 4.98. The lowest BCUT2D eigenvalue weighted by molar-refractivity contribution is 0.485. The first-order chi connectivity index (χ1) is 9.30. The van der Waals surface area contributed by atoms with E-state index in [1.165, 1.54) is 4.31 Å². The highest BCUT2D eigenvalue weighted by molar-refractivity contribution is 7.98. The zero-order valence-corrected chi connectivity index (χ0v) is 14.4. The molecule has 0 saturated heterocycles. The fourth-order valence-electron chi connectivity index (χ4n) is 1.73. The average molecular weight is 320 g/mol. The normalized spacial score (nSPS) is 12.6. The topological polar surface area (TPSA) is 78.1 Å². The van der Waals surface area contributed by atoms with E-state index in [-0.39, 0.29) is 6.04 Å². The third-order valence-electron chi connectivity index (χ3n) is 2.92. The largest absolute Gasteiger partial charge is 0.309 e. The van der Waals surface area contributed by atoms with Crippen molar-refractivity contribution in [2.75, 3.05) is 25.6 Å². The fourth-order valence-corrected chi connectivity index (χ4v) is 3.79. The Kier molecular flexibility index (Phi) is 6.50. The van der Waals surface area contributed by atoms with Crippen LogP contribution in [0.1, 0.15) is 25.2 Å². The zero-order valence-electron chi connectivity index (χ0n) is 12.7. The van der Waals surface area contributed by atoms with Crippen LogP contribution in [0.2, 0.25) is 0 Å². The van der Waals surface area contributed by atoms with Crippen LogP contribution in [0, 0.1) is 6.92 Å². The van der Waals surface area contributed by atoms with Crippen LogP contribution >= 0.6 is 11.8 Å². The molecule has 0 fully saturated rings. The van der Waals surface area contributed by atoms with Crippen LogP contribution in [-0.2, 0) is 16.6 Å². The maximum atomic E-state index is 12.6. The van der Waals surface area contributed by atoms with Gasteiger partial charge >= 0.3 is 0 Å². The molecule has 1 rings (SSSR count). The zero-order chi connectivity index (χ0) is 15.3. The molecule has 8 heteroatoms. The summed E-state index contributed by atoms with van der Waals surface area (Å²) < 4.78 is 26.6. The van der Waals surface area contributed by atoms with E-state index in [1.807, 2.05) is 20.1 Å². The van der Waals surface area contributed by atoms with E-state index in [2.05, 4.69) is 15.5 Å². The van der Waals surface area contributed by atoms with Gasteiger partial charge in [-0.15, -0.1) is 0 Å². The average Bonchev–Trinajstić information content (AvgIpc) is 2.75. The molecule has 0 aromatic carbocycles. The first-order valence-corrected chi connectivity index (χ1v) is 9.36. The number of aryl methyl sites for hydroxylation is 1. The molecule has 6 nitrogen and oxygen atoms in total. The van der Waals surface area contributed by atoms with Crippen molar-refractivity contribution in [3.8, 4) is 0 Å². The molecule has 0 amide bonds. The first kappa shape index (κ1) is 17.5. The highest BCUT2D eigenvalue weighted by Gasteiger charge is 2.28. The molecule has 0 spiro atoms. The number of thioether (sulfide) groups is 1. The molecule has 2 N–H and O–H groups in total. The number of rotatable bonds is 8. The summed E-state index contributed by atoms with van der Waals surface area (Å²) in [4.78, 5) is 0.300. The van der Waals surface area contributed by atoms with Crippen LogP contribution in [0.5, 0.6) is 0 Å². The van der Waals surface area contributed by atoms with Crippen molar-refractivity contribution in [1.29, 1.82) is 0 Å². The maximum Gasteiger partial charge on any atom is 0.246 e. The number of hydrogen-bond donors (Lipinski definition) is 2. The van der Waals surface area contributed by atoms with Crippen molar-refractivity contribution in [1.82, 2.24) is 19.8 Å². The molecule has 1 aromatic rings. The molecule has 0 aliphatic carbocycles. The van der Waals surface area contributed by atoms with E-state index in [4.69, 9.17) is 0 Å². The number of H-pyrrole nitrogens is 1. The number of nitrogens with zero attached hydrogens (tertiary/aromatic N) is 2. The molecule has 0 atom stereocenters. The predicted octanol–water partition coefficient (Wildman–Crippen LogP) is 1.20. The minimum Gasteiger partial charge on any atom is -0.309 e. The molecule has 0 aliphatic heterocycles. The quantitative estimate of drug-likeness (QED) is 0.752. The van der Waals surface area contributed by atoms with Crippen molar-refractivity contribution >= 4 is 21.8 Å². The van der Waals surface area contributed by atoms with Crippen LogP contribution in [0.4, 0.5) is 0 Å². The van der Waals surface area contributed by atoms with Gasteiger partial charge in [-0.05, 0) is 13.2 Å². The molecule has 1 aromatic heterocycles. The van der Waals surface area contributed by atoms with E-state index in [0.29, 0.717) is 29.4 Å². The van der Waals surface area contributed by atoms with Gasteiger partial charge in [0.25, 0.3) is 0 Å². The van der Waals surface area contributed by atoms with Crippen molar-refractivity contribution in [3.63, 3.8) is 0 Å². The van der Waals surface area contributed by atoms with E-state index in [0.717, 1.165) is 5.75 Å². The summed E-state index contributed by atoms with van der Waals surface area (Å²) in [6.07, 6.45) is 1.96. The van der Waals surface area contributed by atoms with Crippen LogP contribution < -0.4 is 5.32 Å². The Morgan fingerprint density at radius 1 is 1.45 bits per heavy atom. The maximum absolute atomic E-state index is 12.6. The van der Waals surface area contributed by atoms with Crippen molar-refractivity contribution in [3.05, 3.63) is 11.4 Å². The fraction of sp³-hybridized carbons (Fsp3) is 0.750. The van der Waals surface area contributed by atoms with Crippen molar-refractivity contribution in [2.24, 2.45) is 0 Å². The van der Waals surface area contributed by atoms with Gasteiger partial charge in [-0.2, -0.15) is 21.2 Å². The lowest BCUT2D eigenvalue weighted by atomic mass is 10.3. The van der Waals surface area contributed by atoms with E-state index in [9.17, 15) is 8.42 Å². The van der Waals surface area contributed by atoms with Gasteiger partial charge in [-0.25, -0.2) is 8.42 Å². The molecule has 0 bridgehead atoms. The molecular formula is C12H24N4O2S2. The lowest BCUT2D eigenvalue weighted by Gasteiger charge is -2.17. The minimum atomic E-state index is -3.49. The van der Waals surface area contributed by atoms with Crippen molar-refractivity contribution in [2.45, 2.75) is 38.3 Å². The Balaban J connectivity index is 3.01.